The van der Waals surface area contributed by atoms with Gasteiger partial charge in [0, 0.05) is 24.4 Å². The molecular formula is C15H18N2O3. The highest BCUT2D eigenvalue weighted by atomic mass is 16.4. The lowest BCUT2D eigenvalue weighted by Gasteiger charge is -2.13. The minimum Gasteiger partial charge on any atom is -0.478 e. The Labute approximate surface area is 117 Å². The third-order valence-electron chi connectivity index (χ3n) is 3.79. The van der Waals surface area contributed by atoms with E-state index in [0.717, 1.165) is 25.3 Å². The smallest absolute Gasteiger partial charge is 0.328 e. The summed E-state index contributed by atoms with van der Waals surface area (Å²) in [6.45, 7) is 2.78. The first kappa shape index (κ1) is 14.2. The van der Waals surface area contributed by atoms with Gasteiger partial charge in [-0.25, -0.2) is 4.79 Å². The number of nitrogens with one attached hydrogen (secondary N) is 1. The Morgan fingerprint density at radius 1 is 1.50 bits per heavy atom. The number of rotatable bonds is 6. The van der Waals surface area contributed by atoms with Crippen LogP contribution in [0.1, 0.15) is 42.2 Å². The molecule has 0 atom stereocenters. The van der Waals surface area contributed by atoms with Crippen LogP contribution in [0.2, 0.25) is 0 Å². The molecule has 5 nitrogen and oxygen atoms in total. The van der Waals surface area contributed by atoms with Crippen LogP contribution in [0, 0.1) is 5.41 Å². The number of aromatic nitrogens is 1. The lowest BCUT2D eigenvalue weighted by Crippen LogP contribution is -2.31. The number of carboxylic acid groups (broad SMARTS) is 1. The first-order valence-corrected chi connectivity index (χ1v) is 6.70. The molecule has 0 spiro atoms. The average molecular weight is 274 g/mol. The second kappa shape index (κ2) is 5.86. The molecule has 1 aliphatic rings. The van der Waals surface area contributed by atoms with Crippen LogP contribution in [0.25, 0.3) is 6.08 Å². The maximum absolute atomic E-state index is 12.1. The van der Waals surface area contributed by atoms with E-state index >= 15 is 0 Å². The molecular weight excluding hydrogens is 256 g/mol. The number of carboxylic acids is 1. The predicted molar refractivity (Wildman–Crippen MR) is 75.2 cm³/mol. The largest absolute Gasteiger partial charge is 0.478 e. The Hall–Kier alpha value is -2.17. The standard InChI is InChI=1S/C15H18N2O3/c1-2-15(7-8-15)10-17-14(20)13-11(4-3-9-16-13)5-6-12(18)19/h3-6,9H,2,7-8,10H2,1H3,(H,17,20)(H,18,19)/b6-5+. The Morgan fingerprint density at radius 3 is 2.85 bits per heavy atom. The van der Waals surface area contributed by atoms with Gasteiger partial charge in [-0.3, -0.25) is 9.78 Å². The molecule has 1 aromatic rings. The molecule has 106 valence electrons. The highest BCUT2D eigenvalue weighted by Crippen LogP contribution is 2.47. The van der Waals surface area contributed by atoms with Crippen LogP contribution in [-0.4, -0.2) is 28.5 Å². The van der Waals surface area contributed by atoms with Crippen molar-refractivity contribution in [2.45, 2.75) is 26.2 Å². The third-order valence-corrected chi connectivity index (χ3v) is 3.79. The summed E-state index contributed by atoms with van der Waals surface area (Å²) < 4.78 is 0. The van der Waals surface area contributed by atoms with Gasteiger partial charge in [0.2, 0.25) is 0 Å². The average Bonchev–Trinajstić information content (AvgIpc) is 3.23. The van der Waals surface area contributed by atoms with Crippen LogP contribution in [0.5, 0.6) is 0 Å². The minimum atomic E-state index is -1.05. The van der Waals surface area contributed by atoms with Crippen molar-refractivity contribution in [1.29, 1.82) is 0 Å². The molecule has 0 aromatic carbocycles. The molecule has 0 aliphatic heterocycles. The number of hydrogen-bond donors (Lipinski definition) is 2. The van der Waals surface area contributed by atoms with Crippen LogP contribution in [0.15, 0.2) is 24.4 Å². The zero-order chi connectivity index (χ0) is 14.6. The number of carbonyl (C=O) groups excluding carboxylic acids is 1. The van der Waals surface area contributed by atoms with Crippen molar-refractivity contribution in [2.24, 2.45) is 5.41 Å². The van der Waals surface area contributed by atoms with Crippen LogP contribution in [0.4, 0.5) is 0 Å². The molecule has 0 unspecified atom stereocenters. The SMILES string of the molecule is CCC1(CNC(=O)c2ncccc2/C=C/C(=O)O)CC1. The zero-order valence-corrected chi connectivity index (χ0v) is 11.4. The van der Waals surface area contributed by atoms with E-state index in [9.17, 15) is 9.59 Å². The normalized spacial score (nSPS) is 16.1. The van der Waals surface area contributed by atoms with Gasteiger partial charge in [-0.05, 0) is 36.8 Å². The zero-order valence-electron chi connectivity index (χ0n) is 11.4. The van der Waals surface area contributed by atoms with Gasteiger partial charge in [0.1, 0.15) is 5.69 Å². The Morgan fingerprint density at radius 2 is 2.25 bits per heavy atom. The molecule has 0 saturated heterocycles. The molecule has 1 aliphatic carbocycles. The fourth-order valence-corrected chi connectivity index (χ4v) is 2.09. The van der Waals surface area contributed by atoms with Crippen molar-refractivity contribution in [1.82, 2.24) is 10.3 Å². The Bertz CT molecular complexity index is 548. The minimum absolute atomic E-state index is 0.254. The Kier molecular flexibility index (Phi) is 4.17. The van der Waals surface area contributed by atoms with E-state index in [4.69, 9.17) is 5.11 Å². The number of hydrogen-bond acceptors (Lipinski definition) is 3. The van der Waals surface area contributed by atoms with Crippen LogP contribution < -0.4 is 5.32 Å². The van der Waals surface area contributed by atoms with E-state index in [0.29, 0.717) is 12.1 Å². The lowest BCUT2D eigenvalue weighted by molar-refractivity contribution is -0.131. The van der Waals surface area contributed by atoms with Crippen molar-refractivity contribution < 1.29 is 14.7 Å². The maximum Gasteiger partial charge on any atom is 0.328 e. The second-order valence-electron chi connectivity index (χ2n) is 5.15. The molecule has 1 amide bonds. The third kappa shape index (κ3) is 3.44. The predicted octanol–water partition coefficient (Wildman–Crippen LogP) is 2.10. The summed E-state index contributed by atoms with van der Waals surface area (Å²) in [6.07, 6.45) is 7.27. The van der Waals surface area contributed by atoms with Crippen LogP contribution in [-0.2, 0) is 4.79 Å². The quantitative estimate of drug-likeness (QED) is 0.779. The van der Waals surface area contributed by atoms with E-state index < -0.39 is 5.97 Å². The summed E-state index contributed by atoms with van der Waals surface area (Å²) >= 11 is 0. The van der Waals surface area contributed by atoms with Crippen molar-refractivity contribution >= 4 is 18.0 Å². The van der Waals surface area contributed by atoms with Crippen molar-refractivity contribution in [3.8, 4) is 0 Å². The summed E-state index contributed by atoms with van der Waals surface area (Å²) in [7, 11) is 0. The molecule has 1 heterocycles. The number of aliphatic carboxylic acids is 1. The van der Waals surface area contributed by atoms with Gasteiger partial charge in [0.25, 0.3) is 5.91 Å². The number of pyridine rings is 1. The monoisotopic (exact) mass is 274 g/mol. The molecule has 5 heteroatoms. The number of nitrogens with zero attached hydrogens (tertiary/aromatic N) is 1. The topological polar surface area (TPSA) is 79.3 Å². The molecule has 0 radical (unpaired) electrons. The van der Waals surface area contributed by atoms with Crippen molar-refractivity contribution in [3.05, 3.63) is 35.7 Å². The Balaban J connectivity index is 2.07. The van der Waals surface area contributed by atoms with E-state index in [1.54, 1.807) is 12.1 Å². The molecule has 2 rings (SSSR count). The maximum atomic E-state index is 12.1. The molecule has 2 N–H and O–H groups in total. The summed E-state index contributed by atoms with van der Waals surface area (Å²) in [5.74, 6) is -1.31. The summed E-state index contributed by atoms with van der Waals surface area (Å²) in [6, 6.07) is 3.35. The fourth-order valence-electron chi connectivity index (χ4n) is 2.09. The number of amides is 1. The molecule has 1 fully saturated rings. The van der Waals surface area contributed by atoms with Gasteiger partial charge in [0.05, 0.1) is 0 Å². The second-order valence-corrected chi connectivity index (χ2v) is 5.15. The number of carbonyl (C=O) groups is 2. The van der Waals surface area contributed by atoms with Gasteiger partial charge in [-0.15, -0.1) is 0 Å². The van der Waals surface area contributed by atoms with Gasteiger partial charge in [-0.1, -0.05) is 13.0 Å². The van der Waals surface area contributed by atoms with Gasteiger partial charge in [-0.2, -0.15) is 0 Å². The van der Waals surface area contributed by atoms with Crippen molar-refractivity contribution in [2.75, 3.05) is 6.54 Å². The van der Waals surface area contributed by atoms with E-state index in [1.807, 2.05) is 0 Å². The first-order valence-electron chi connectivity index (χ1n) is 6.70. The summed E-state index contributed by atoms with van der Waals surface area (Å²) in [5, 5.41) is 11.5. The fraction of sp³-hybridized carbons (Fsp3) is 0.400. The summed E-state index contributed by atoms with van der Waals surface area (Å²) in [4.78, 5) is 26.7. The molecule has 20 heavy (non-hydrogen) atoms. The van der Waals surface area contributed by atoms with E-state index in [2.05, 4.69) is 17.2 Å². The first-order chi connectivity index (χ1) is 9.56. The lowest BCUT2D eigenvalue weighted by atomic mass is 10.0. The van der Waals surface area contributed by atoms with E-state index in [1.165, 1.54) is 12.3 Å². The highest BCUT2D eigenvalue weighted by Gasteiger charge is 2.40. The van der Waals surface area contributed by atoms with Crippen LogP contribution >= 0.6 is 0 Å². The molecule has 1 aromatic heterocycles. The van der Waals surface area contributed by atoms with Crippen molar-refractivity contribution in [3.63, 3.8) is 0 Å². The van der Waals surface area contributed by atoms with E-state index in [-0.39, 0.29) is 17.0 Å². The molecule has 1 saturated carbocycles. The van der Waals surface area contributed by atoms with Gasteiger partial charge >= 0.3 is 5.97 Å². The summed E-state index contributed by atoms with van der Waals surface area (Å²) in [5.41, 5.74) is 1.03. The highest BCUT2D eigenvalue weighted by molar-refractivity contribution is 5.97. The van der Waals surface area contributed by atoms with Crippen LogP contribution in [0.3, 0.4) is 0 Å². The van der Waals surface area contributed by atoms with Gasteiger partial charge < -0.3 is 10.4 Å². The van der Waals surface area contributed by atoms with Gasteiger partial charge in [0.15, 0.2) is 0 Å². The molecule has 0 bridgehead atoms.